The van der Waals surface area contributed by atoms with E-state index in [9.17, 15) is 27.6 Å². The fourth-order valence-corrected chi connectivity index (χ4v) is 4.48. The average molecular weight is 413 g/mol. The van der Waals surface area contributed by atoms with Crippen molar-refractivity contribution in [1.82, 2.24) is 9.80 Å². The Morgan fingerprint density at radius 2 is 2.00 bits per heavy atom. The first kappa shape index (κ1) is 18.6. The van der Waals surface area contributed by atoms with E-state index in [2.05, 4.69) is 0 Å². The third-order valence-corrected chi connectivity index (χ3v) is 5.97. The number of fused-ring (bicyclic) bond motifs is 5. The van der Waals surface area contributed by atoms with Gasteiger partial charge in [-0.1, -0.05) is 11.6 Å². The third kappa shape index (κ3) is 2.32. The molecule has 1 aromatic rings. The summed E-state index contributed by atoms with van der Waals surface area (Å²) < 4.78 is 38.5. The molecule has 0 aliphatic carbocycles. The molecule has 3 aliphatic rings. The first-order valence-electron chi connectivity index (χ1n) is 8.31. The highest BCUT2D eigenvalue weighted by atomic mass is 35.5. The van der Waals surface area contributed by atoms with Crippen molar-refractivity contribution in [1.29, 1.82) is 5.26 Å². The van der Waals surface area contributed by atoms with Crippen LogP contribution in [0.4, 0.5) is 23.7 Å². The van der Waals surface area contributed by atoms with Crippen LogP contribution in [-0.2, 0) is 9.59 Å². The van der Waals surface area contributed by atoms with Crippen LogP contribution in [0.2, 0.25) is 5.02 Å². The Kier molecular flexibility index (Phi) is 3.88. The number of carbonyl (C=O) groups is 3. The second-order valence-electron chi connectivity index (χ2n) is 6.90. The van der Waals surface area contributed by atoms with Gasteiger partial charge in [0, 0.05) is 6.54 Å². The first-order chi connectivity index (χ1) is 13.1. The van der Waals surface area contributed by atoms with Gasteiger partial charge >= 0.3 is 18.1 Å². The van der Waals surface area contributed by atoms with Gasteiger partial charge in [0.1, 0.15) is 12.1 Å². The lowest BCUT2D eigenvalue weighted by atomic mass is 10.1. The predicted octanol–water partition coefficient (Wildman–Crippen LogP) is 2.20. The summed E-state index contributed by atoms with van der Waals surface area (Å²) in [5, 5.41) is 9.13. The van der Waals surface area contributed by atoms with Crippen molar-refractivity contribution >= 4 is 35.1 Å². The molecule has 0 radical (unpaired) electrons. The number of hydrogen-bond acceptors (Lipinski definition) is 4. The van der Waals surface area contributed by atoms with Gasteiger partial charge in [0.15, 0.2) is 0 Å². The number of imide groups is 1. The fraction of sp³-hybridized carbons (Fsp3) is 0.412. The van der Waals surface area contributed by atoms with Crippen molar-refractivity contribution in [2.45, 2.75) is 37.6 Å². The number of carbonyl (C=O) groups excluding carboxylic acids is 3. The van der Waals surface area contributed by atoms with E-state index in [1.807, 2.05) is 6.07 Å². The third-order valence-electron chi connectivity index (χ3n) is 5.49. The summed E-state index contributed by atoms with van der Waals surface area (Å²) in [7, 11) is 0. The van der Waals surface area contributed by atoms with E-state index in [1.165, 1.54) is 24.0 Å². The van der Waals surface area contributed by atoms with Crippen LogP contribution < -0.4 is 4.90 Å². The summed E-state index contributed by atoms with van der Waals surface area (Å²) >= 11 is 6.11. The van der Waals surface area contributed by atoms with E-state index in [1.54, 1.807) is 0 Å². The highest BCUT2D eigenvalue weighted by molar-refractivity contribution is 6.33. The maximum absolute atomic E-state index is 13.0. The van der Waals surface area contributed by atoms with Gasteiger partial charge in [-0.05, 0) is 31.0 Å². The SMILES string of the molecule is Cc1c(N2C(=O)[C@@H]3C4CC(CN4C(=O)C(F)(F)F)N3C2=O)ccc(C#N)c1Cl. The van der Waals surface area contributed by atoms with E-state index in [4.69, 9.17) is 16.9 Å². The molecule has 0 aromatic heterocycles. The molecule has 0 spiro atoms. The lowest BCUT2D eigenvalue weighted by molar-refractivity contribution is -0.188. The Morgan fingerprint density at radius 3 is 2.61 bits per heavy atom. The molecule has 3 heterocycles. The highest BCUT2D eigenvalue weighted by Crippen LogP contribution is 2.44. The Morgan fingerprint density at radius 1 is 1.32 bits per heavy atom. The molecule has 2 unspecified atom stereocenters. The predicted molar refractivity (Wildman–Crippen MR) is 89.4 cm³/mol. The molecule has 28 heavy (non-hydrogen) atoms. The van der Waals surface area contributed by atoms with Crippen molar-refractivity contribution in [2.75, 3.05) is 11.4 Å². The van der Waals surface area contributed by atoms with Gasteiger partial charge in [-0.15, -0.1) is 0 Å². The monoisotopic (exact) mass is 412 g/mol. The fourth-order valence-electron chi connectivity index (χ4n) is 4.28. The Labute approximate surface area is 161 Å². The van der Waals surface area contributed by atoms with Crippen LogP contribution in [0.3, 0.4) is 0 Å². The standard InChI is InChI=1S/C17H12ClF3N4O3/c1-7-10(3-2-8(5-22)12(7)18)25-14(26)13-11-4-9(24(13)16(25)28)6-23(11)15(27)17(19,20)21/h2-3,9,11,13H,4,6H2,1H3/t9?,11?,13-/m0/s1. The Balaban J connectivity index is 1.70. The minimum atomic E-state index is -5.04. The summed E-state index contributed by atoms with van der Waals surface area (Å²) in [5.74, 6) is -2.71. The second kappa shape index (κ2) is 5.85. The number of halogens is 4. The van der Waals surface area contributed by atoms with Gasteiger partial charge in [-0.3, -0.25) is 9.59 Å². The minimum absolute atomic E-state index is 0.0875. The van der Waals surface area contributed by atoms with Gasteiger partial charge in [-0.2, -0.15) is 18.4 Å². The van der Waals surface area contributed by atoms with E-state index in [0.29, 0.717) is 10.5 Å². The molecule has 3 fully saturated rings. The molecular formula is C17H12ClF3N4O3. The zero-order valence-corrected chi connectivity index (χ0v) is 15.1. The van der Waals surface area contributed by atoms with Crippen LogP contribution in [-0.4, -0.2) is 58.5 Å². The largest absolute Gasteiger partial charge is 0.471 e. The number of hydrogen-bond donors (Lipinski definition) is 0. The molecule has 4 amide bonds. The van der Waals surface area contributed by atoms with Crippen molar-refractivity contribution in [3.8, 4) is 6.07 Å². The summed E-state index contributed by atoms with van der Waals surface area (Å²) in [6.07, 6.45) is -4.91. The number of piperazine rings is 1. The van der Waals surface area contributed by atoms with Gasteiger partial charge in [-0.25, -0.2) is 9.69 Å². The van der Waals surface area contributed by atoms with Gasteiger partial charge in [0.25, 0.3) is 5.91 Å². The summed E-state index contributed by atoms with van der Waals surface area (Å²) in [5.41, 5.74) is 0.671. The van der Waals surface area contributed by atoms with Crippen molar-refractivity contribution in [3.63, 3.8) is 0 Å². The lowest BCUT2D eigenvalue weighted by Crippen LogP contribution is -2.57. The van der Waals surface area contributed by atoms with Gasteiger partial charge in [0.2, 0.25) is 0 Å². The topological polar surface area (TPSA) is 84.7 Å². The number of alkyl halides is 3. The lowest BCUT2D eigenvalue weighted by Gasteiger charge is -2.35. The van der Waals surface area contributed by atoms with E-state index in [0.717, 1.165) is 4.90 Å². The molecule has 11 heteroatoms. The quantitative estimate of drug-likeness (QED) is 0.662. The zero-order chi connectivity index (χ0) is 20.5. The molecule has 0 saturated carbocycles. The van der Waals surface area contributed by atoms with Gasteiger partial charge < -0.3 is 9.80 Å². The second-order valence-corrected chi connectivity index (χ2v) is 7.28. The highest BCUT2D eigenvalue weighted by Gasteiger charge is 2.64. The number of nitriles is 1. The Bertz CT molecular complexity index is 974. The molecule has 3 aliphatic heterocycles. The summed E-state index contributed by atoms with van der Waals surface area (Å²) in [4.78, 5) is 40.3. The van der Waals surface area contributed by atoms with Crippen LogP contribution in [0, 0.1) is 18.3 Å². The van der Waals surface area contributed by atoms with Crippen LogP contribution in [0.1, 0.15) is 17.5 Å². The van der Waals surface area contributed by atoms with Crippen LogP contribution in [0.5, 0.6) is 0 Å². The van der Waals surface area contributed by atoms with E-state index >= 15 is 0 Å². The minimum Gasteiger partial charge on any atom is -0.327 e. The number of urea groups is 1. The normalized spacial score (nSPS) is 26.1. The van der Waals surface area contributed by atoms with E-state index in [-0.39, 0.29) is 29.2 Å². The van der Waals surface area contributed by atoms with Gasteiger partial charge in [0.05, 0.1) is 28.4 Å². The molecule has 3 atom stereocenters. The van der Waals surface area contributed by atoms with E-state index < -0.39 is 42.1 Å². The molecule has 0 N–H and O–H groups in total. The van der Waals surface area contributed by atoms with Crippen LogP contribution >= 0.6 is 11.6 Å². The smallest absolute Gasteiger partial charge is 0.327 e. The number of likely N-dealkylation sites (tertiary alicyclic amines) is 1. The maximum Gasteiger partial charge on any atom is 0.471 e. The molecule has 7 nitrogen and oxygen atoms in total. The first-order valence-corrected chi connectivity index (χ1v) is 8.69. The molecule has 3 saturated heterocycles. The zero-order valence-electron chi connectivity index (χ0n) is 14.3. The van der Waals surface area contributed by atoms with Crippen molar-refractivity contribution in [2.24, 2.45) is 0 Å². The Hall–Kier alpha value is -2.80. The number of anilines is 1. The molecule has 4 rings (SSSR count). The summed E-state index contributed by atoms with van der Waals surface area (Å²) in [6, 6.07) is 1.16. The number of nitrogens with zero attached hydrogens (tertiary/aromatic N) is 4. The molecule has 2 bridgehead atoms. The maximum atomic E-state index is 13.0. The molecule has 1 aromatic carbocycles. The van der Waals surface area contributed by atoms with Crippen molar-refractivity contribution < 1.29 is 27.6 Å². The summed E-state index contributed by atoms with van der Waals surface area (Å²) in [6.45, 7) is 1.27. The van der Waals surface area contributed by atoms with Crippen molar-refractivity contribution in [3.05, 3.63) is 28.3 Å². The molecular weight excluding hydrogens is 401 g/mol. The van der Waals surface area contributed by atoms with Crippen LogP contribution in [0.15, 0.2) is 12.1 Å². The molecule has 146 valence electrons. The number of rotatable bonds is 1. The average Bonchev–Trinajstić information content (AvgIpc) is 3.28. The number of amides is 4. The number of benzene rings is 1. The van der Waals surface area contributed by atoms with Crippen LogP contribution in [0.25, 0.3) is 0 Å².